The molecule has 10 nitrogen and oxygen atoms in total. The fourth-order valence-electron chi connectivity index (χ4n) is 8.21. The molecule has 5 heterocycles. The second-order valence-electron chi connectivity index (χ2n) is 13.2. The van der Waals surface area contributed by atoms with Gasteiger partial charge < -0.3 is 29.4 Å². The van der Waals surface area contributed by atoms with Crippen molar-refractivity contribution >= 4 is 39.8 Å². The number of aromatic nitrogens is 2. The van der Waals surface area contributed by atoms with Crippen molar-refractivity contribution in [3.8, 4) is 6.01 Å². The molecule has 3 aromatic rings. The number of carbonyl (C=O) groups excluding carboxylic acids is 1. The minimum absolute atomic E-state index is 0.0166. The second-order valence-corrected chi connectivity index (χ2v) is 13.6. The van der Waals surface area contributed by atoms with Gasteiger partial charge >= 0.3 is 6.01 Å². The van der Waals surface area contributed by atoms with Crippen molar-refractivity contribution in [1.29, 1.82) is 0 Å². The van der Waals surface area contributed by atoms with E-state index >= 15 is 0 Å². The number of ether oxygens (including phenoxy) is 1. The highest BCUT2D eigenvalue weighted by atomic mass is 35.5. The van der Waals surface area contributed by atoms with Crippen molar-refractivity contribution in [2.45, 2.75) is 56.3 Å². The van der Waals surface area contributed by atoms with Gasteiger partial charge in [0.25, 0.3) is 5.91 Å². The van der Waals surface area contributed by atoms with E-state index in [1.807, 2.05) is 23.1 Å². The Hall–Kier alpha value is -4.05. The van der Waals surface area contributed by atoms with E-state index in [0.717, 1.165) is 54.6 Å². The van der Waals surface area contributed by atoms with Gasteiger partial charge in [-0.3, -0.25) is 9.69 Å². The zero-order valence-corrected chi connectivity index (χ0v) is 27.4. The van der Waals surface area contributed by atoms with E-state index in [1.165, 1.54) is 11.0 Å². The molecular formula is C35H38ClF2N7O3. The lowest BCUT2D eigenvalue weighted by Crippen LogP contribution is -2.57. The monoisotopic (exact) mass is 677 g/mol. The molecule has 13 heteroatoms. The average Bonchev–Trinajstić information content (AvgIpc) is 3.67. The first-order valence-electron chi connectivity index (χ1n) is 16.5. The molecule has 3 atom stereocenters. The number of nitrogens with zero attached hydrogens (tertiary/aromatic N) is 7. The third-order valence-electron chi connectivity index (χ3n) is 10.6. The minimum atomic E-state index is -1.04. The fourth-order valence-corrected chi connectivity index (χ4v) is 8.48. The number of carbonyl (C=O) groups is 1. The summed E-state index contributed by atoms with van der Waals surface area (Å²) in [5.74, 6) is -1.64. The Labute approximate surface area is 283 Å². The molecule has 1 N–H and O–H groups in total. The molecule has 1 aromatic heterocycles. The summed E-state index contributed by atoms with van der Waals surface area (Å²) in [7, 11) is 0. The lowest BCUT2D eigenvalue weighted by atomic mass is 9.95. The molecule has 7 rings (SSSR count). The molecule has 3 fully saturated rings. The molecule has 2 aromatic carbocycles. The van der Waals surface area contributed by atoms with Crippen LogP contribution in [0.15, 0.2) is 42.7 Å². The van der Waals surface area contributed by atoms with Gasteiger partial charge in [0.1, 0.15) is 24.3 Å². The number of amides is 1. The Balaban J connectivity index is 1.23. The number of hydrogen-bond donors (Lipinski definition) is 1. The van der Waals surface area contributed by atoms with Gasteiger partial charge in [-0.2, -0.15) is 9.97 Å². The molecule has 1 amide bonds. The maximum absolute atomic E-state index is 14.6. The number of halogens is 3. The highest BCUT2D eigenvalue weighted by molar-refractivity contribution is 6.36. The van der Waals surface area contributed by atoms with Crippen LogP contribution in [0.5, 0.6) is 6.01 Å². The summed E-state index contributed by atoms with van der Waals surface area (Å²) < 4.78 is 35.0. The van der Waals surface area contributed by atoms with Crippen LogP contribution in [-0.4, -0.2) is 101 Å². The summed E-state index contributed by atoms with van der Waals surface area (Å²) in [5.41, 5.74) is 2.34. The van der Waals surface area contributed by atoms with Gasteiger partial charge in [0.15, 0.2) is 5.83 Å². The Bertz CT molecular complexity index is 1800. The zero-order valence-electron chi connectivity index (χ0n) is 26.7. The zero-order chi connectivity index (χ0) is 33.6. The van der Waals surface area contributed by atoms with Crippen LogP contribution < -0.4 is 14.5 Å². The standard InChI is InChI=1S/C35H38ClF2N7O3/c1-22(37)33(47)44-16-15-43(18-25(44)17-39-2)32-26-10-14-42(29-6-3-5-23-7-8-27(38)31(36)30(23)29)19-28(26)40-34(41-32)48-21-35-11-4-13-45(35)24(20-46)9-12-35/h3,5-8,24-25,46H,1,4,9-21H2/t24?,25-,35?/m0/s1. The first-order chi connectivity index (χ1) is 23.2. The first-order valence-corrected chi connectivity index (χ1v) is 16.9. The third-order valence-corrected chi connectivity index (χ3v) is 10.9. The molecule has 0 spiro atoms. The number of piperazine rings is 1. The van der Waals surface area contributed by atoms with Gasteiger partial charge in [-0.15, -0.1) is 0 Å². The number of anilines is 2. The van der Waals surface area contributed by atoms with Gasteiger partial charge in [0, 0.05) is 48.9 Å². The third kappa shape index (κ3) is 5.71. The molecule has 3 saturated heterocycles. The summed E-state index contributed by atoms with van der Waals surface area (Å²) in [6.07, 6.45) is 4.43. The van der Waals surface area contributed by atoms with Gasteiger partial charge in [-0.25, -0.2) is 15.4 Å². The van der Waals surface area contributed by atoms with Crippen molar-refractivity contribution in [1.82, 2.24) is 19.8 Å². The van der Waals surface area contributed by atoms with E-state index in [9.17, 15) is 18.7 Å². The van der Waals surface area contributed by atoms with Gasteiger partial charge in [-0.1, -0.05) is 36.4 Å². The Morgan fingerprint density at radius 1 is 1.15 bits per heavy atom. The molecule has 2 unspecified atom stereocenters. The van der Waals surface area contributed by atoms with Crippen LogP contribution in [0.3, 0.4) is 0 Å². The van der Waals surface area contributed by atoms with Crippen LogP contribution >= 0.6 is 11.6 Å². The summed E-state index contributed by atoms with van der Waals surface area (Å²) in [5, 5.41) is 11.5. The van der Waals surface area contributed by atoms with Gasteiger partial charge in [0.2, 0.25) is 6.54 Å². The smallest absolute Gasteiger partial charge is 0.318 e. The van der Waals surface area contributed by atoms with Crippen LogP contribution in [0.1, 0.15) is 36.9 Å². The van der Waals surface area contributed by atoms with Crippen molar-refractivity contribution in [3.63, 3.8) is 0 Å². The number of aliphatic hydroxyl groups excluding tert-OH is 1. The van der Waals surface area contributed by atoms with Crippen molar-refractivity contribution < 1.29 is 23.4 Å². The maximum Gasteiger partial charge on any atom is 0.318 e. The van der Waals surface area contributed by atoms with Crippen molar-refractivity contribution in [2.24, 2.45) is 0 Å². The largest absolute Gasteiger partial charge is 0.461 e. The fraction of sp³-hybridized carbons (Fsp3) is 0.486. The summed E-state index contributed by atoms with van der Waals surface area (Å²) in [4.78, 5) is 34.0. The molecule has 48 heavy (non-hydrogen) atoms. The summed E-state index contributed by atoms with van der Waals surface area (Å²) in [6.45, 7) is 14.0. The van der Waals surface area contributed by atoms with E-state index in [2.05, 4.69) is 21.2 Å². The van der Waals surface area contributed by atoms with E-state index < -0.39 is 23.6 Å². The molecular weight excluding hydrogens is 640 g/mol. The predicted octanol–water partition coefficient (Wildman–Crippen LogP) is 4.77. The molecule has 4 aliphatic rings. The molecule has 4 aliphatic heterocycles. The minimum Gasteiger partial charge on any atom is -0.461 e. The number of fused-ring (bicyclic) bond motifs is 3. The van der Waals surface area contributed by atoms with Crippen LogP contribution in [0, 0.1) is 12.4 Å². The Kier molecular flexibility index (Phi) is 8.87. The summed E-state index contributed by atoms with van der Waals surface area (Å²) >= 11 is 6.51. The highest BCUT2D eigenvalue weighted by Crippen LogP contribution is 2.43. The quantitative estimate of drug-likeness (QED) is 0.270. The molecule has 0 saturated carbocycles. The van der Waals surface area contributed by atoms with Crippen LogP contribution in [0.4, 0.5) is 20.3 Å². The van der Waals surface area contributed by atoms with E-state index in [0.29, 0.717) is 50.4 Å². The highest BCUT2D eigenvalue weighted by Gasteiger charge is 2.49. The summed E-state index contributed by atoms with van der Waals surface area (Å²) in [6, 6.07) is 8.69. The van der Waals surface area contributed by atoms with E-state index in [-0.39, 0.29) is 42.3 Å². The molecule has 0 bridgehead atoms. The second kappa shape index (κ2) is 13.1. The van der Waals surface area contributed by atoms with Gasteiger partial charge in [-0.05, 0) is 56.2 Å². The number of rotatable bonds is 8. The maximum atomic E-state index is 14.6. The number of benzene rings is 2. The average molecular weight is 678 g/mol. The van der Waals surface area contributed by atoms with Crippen LogP contribution in [-0.2, 0) is 17.8 Å². The van der Waals surface area contributed by atoms with Crippen molar-refractivity contribution in [2.75, 3.05) is 62.3 Å². The topological polar surface area (TPSA) is 89.6 Å². The van der Waals surface area contributed by atoms with Gasteiger partial charge in [0.05, 0.1) is 29.4 Å². The predicted molar refractivity (Wildman–Crippen MR) is 179 cm³/mol. The molecule has 0 radical (unpaired) electrons. The van der Waals surface area contributed by atoms with Crippen LogP contribution in [0.25, 0.3) is 15.6 Å². The van der Waals surface area contributed by atoms with Crippen LogP contribution in [0.2, 0.25) is 5.02 Å². The van der Waals surface area contributed by atoms with E-state index in [1.54, 1.807) is 6.07 Å². The SMILES string of the molecule is [C-]#[N+]C[C@H]1CN(c2nc(OCC34CCCN3C(CO)CC4)nc3c2CCN(c2cccc4ccc(F)c(Cl)c24)C3)CCN1C(=O)C(=C)F. The normalized spacial score (nSPS) is 24.0. The first kappa shape index (κ1) is 32.5. The molecule has 0 aliphatic carbocycles. The van der Waals surface area contributed by atoms with E-state index in [4.69, 9.17) is 32.9 Å². The Morgan fingerprint density at radius 2 is 2.00 bits per heavy atom. The Morgan fingerprint density at radius 3 is 2.79 bits per heavy atom. The lowest BCUT2D eigenvalue weighted by molar-refractivity contribution is -0.131. The molecule has 252 valence electrons. The van der Waals surface area contributed by atoms with Crippen molar-refractivity contribution in [3.05, 3.63) is 76.3 Å². The lowest BCUT2D eigenvalue weighted by Gasteiger charge is -2.41. The number of hydrogen-bond acceptors (Lipinski definition) is 8. The number of aliphatic hydroxyl groups is 1.